The van der Waals surface area contributed by atoms with Gasteiger partial charge in [-0.2, -0.15) is 0 Å². The monoisotopic (exact) mass is 363 g/mol. The molecular weight excluding hydrogens is 338 g/mol. The van der Waals surface area contributed by atoms with Gasteiger partial charge in [0, 0.05) is 6.54 Å². The maximum Gasteiger partial charge on any atom is 0.119 e. The average Bonchev–Trinajstić information content (AvgIpc) is 2.68. The Kier molecular flexibility index (Phi) is 6.12. The molecule has 0 saturated carbocycles. The molecule has 0 radical (unpaired) electrons. The first-order valence-electron chi connectivity index (χ1n) is 8.98. The largest absolute Gasteiger partial charge is 0.508 e. The Balaban J connectivity index is 1.80. The quantitative estimate of drug-likeness (QED) is 0.664. The van der Waals surface area contributed by atoms with Crippen LogP contribution in [-0.4, -0.2) is 42.4 Å². The Hall–Kier alpha value is -2.82. The van der Waals surface area contributed by atoms with Crippen LogP contribution in [0.4, 0.5) is 0 Å². The molecule has 0 heterocycles. The second-order valence-corrected chi connectivity index (χ2v) is 6.76. The lowest BCUT2D eigenvalue weighted by molar-refractivity contribution is 0.220. The highest BCUT2D eigenvalue weighted by Gasteiger charge is 2.15. The van der Waals surface area contributed by atoms with Crippen LogP contribution in [0.5, 0.6) is 11.5 Å². The van der Waals surface area contributed by atoms with Gasteiger partial charge in [0.2, 0.25) is 0 Å². The summed E-state index contributed by atoms with van der Waals surface area (Å²) in [7, 11) is 4.02. The number of nitrogens with zero attached hydrogens (tertiary/aromatic N) is 1. The van der Waals surface area contributed by atoms with E-state index in [1.165, 1.54) is 0 Å². The molecular formula is C23H25NO3. The van der Waals surface area contributed by atoms with Gasteiger partial charge in [0.05, 0.1) is 0 Å². The number of aliphatic hydroxyl groups excluding tert-OH is 1. The van der Waals surface area contributed by atoms with Crippen molar-refractivity contribution in [3.63, 3.8) is 0 Å². The summed E-state index contributed by atoms with van der Waals surface area (Å²) in [4.78, 5) is 2.07. The highest BCUT2D eigenvalue weighted by molar-refractivity contribution is 5.69. The third kappa shape index (κ3) is 4.88. The van der Waals surface area contributed by atoms with Crippen molar-refractivity contribution >= 4 is 0 Å². The smallest absolute Gasteiger partial charge is 0.119 e. The summed E-state index contributed by atoms with van der Waals surface area (Å²) in [5.74, 6) is 1.02. The van der Waals surface area contributed by atoms with E-state index in [1.807, 2.05) is 74.8 Å². The predicted molar refractivity (Wildman–Crippen MR) is 108 cm³/mol. The molecule has 0 amide bonds. The van der Waals surface area contributed by atoms with Gasteiger partial charge in [-0.05, 0) is 60.6 Å². The molecule has 3 aromatic carbocycles. The van der Waals surface area contributed by atoms with Gasteiger partial charge in [0.25, 0.3) is 0 Å². The van der Waals surface area contributed by atoms with Gasteiger partial charge in [0.1, 0.15) is 24.2 Å². The van der Waals surface area contributed by atoms with Crippen molar-refractivity contribution in [2.24, 2.45) is 0 Å². The van der Waals surface area contributed by atoms with Crippen molar-refractivity contribution in [1.82, 2.24) is 4.90 Å². The average molecular weight is 363 g/mol. The SMILES string of the molecule is CN(C)CCOc1ccc(C(O)c2ccccc2-c2ccc(O)cc2)cc1. The first kappa shape index (κ1) is 19.0. The molecule has 4 heteroatoms. The zero-order valence-corrected chi connectivity index (χ0v) is 15.7. The van der Waals surface area contributed by atoms with Crippen LogP contribution < -0.4 is 4.74 Å². The Bertz CT molecular complexity index is 858. The molecule has 27 heavy (non-hydrogen) atoms. The van der Waals surface area contributed by atoms with Gasteiger partial charge in [-0.15, -0.1) is 0 Å². The first-order valence-corrected chi connectivity index (χ1v) is 8.98. The number of rotatable bonds is 7. The highest BCUT2D eigenvalue weighted by atomic mass is 16.5. The Morgan fingerprint density at radius 2 is 1.56 bits per heavy atom. The van der Waals surface area contributed by atoms with E-state index in [1.54, 1.807) is 12.1 Å². The number of hydrogen-bond acceptors (Lipinski definition) is 4. The van der Waals surface area contributed by atoms with E-state index in [4.69, 9.17) is 4.74 Å². The molecule has 0 aliphatic heterocycles. The zero-order valence-electron chi connectivity index (χ0n) is 15.7. The Morgan fingerprint density at radius 3 is 2.22 bits per heavy atom. The molecule has 1 atom stereocenters. The summed E-state index contributed by atoms with van der Waals surface area (Å²) < 4.78 is 5.71. The first-order chi connectivity index (χ1) is 13.0. The fourth-order valence-corrected chi connectivity index (χ4v) is 2.91. The van der Waals surface area contributed by atoms with E-state index >= 15 is 0 Å². The zero-order chi connectivity index (χ0) is 19.2. The number of phenolic OH excluding ortho intramolecular Hbond substituents is 1. The van der Waals surface area contributed by atoms with Gasteiger partial charge < -0.3 is 19.8 Å². The highest BCUT2D eigenvalue weighted by Crippen LogP contribution is 2.33. The van der Waals surface area contributed by atoms with Gasteiger partial charge in [-0.3, -0.25) is 0 Å². The molecule has 0 spiro atoms. The molecule has 140 valence electrons. The van der Waals surface area contributed by atoms with E-state index in [0.717, 1.165) is 34.5 Å². The van der Waals surface area contributed by atoms with Crippen LogP contribution in [-0.2, 0) is 0 Å². The fraction of sp³-hybridized carbons (Fsp3) is 0.217. The van der Waals surface area contributed by atoms with Crippen molar-refractivity contribution in [2.75, 3.05) is 27.2 Å². The number of likely N-dealkylation sites (N-methyl/N-ethyl adjacent to an activating group) is 1. The molecule has 1 unspecified atom stereocenters. The van der Waals surface area contributed by atoms with E-state index in [0.29, 0.717) is 6.61 Å². The minimum absolute atomic E-state index is 0.224. The third-order valence-corrected chi connectivity index (χ3v) is 4.44. The van der Waals surface area contributed by atoms with Crippen molar-refractivity contribution in [1.29, 1.82) is 0 Å². The number of aromatic hydroxyl groups is 1. The van der Waals surface area contributed by atoms with Gasteiger partial charge in [0.15, 0.2) is 0 Å². The van der Waals surface area contributed by atoms with Gasteiger partial charge in [-0.1, -0.05) is 48.5 Å². The van der Waals surface area contributed by atoms with E-state index < -0.39 is 6.10 Å². The van der Waals surface area contributed by atoms with Crippen molar-refractivity contribution in [2.45, 2.75) is 6.10 Å². The van der Waals surface area contributed by atoms with Crippen molar-refractivity contribution < 1.29 is 14.9 Å². The number of aliphatic hydroxyl groups is 1. The number of ether oxygens (including phenoxy) is 1. The molecule has 0 fully saturated rings. The lowest BCUT2D eigenvalue weighted by Crippen LogP contribution is -2.19. The fourth-order valence-electron chi connectivity index (χ4n) is 2.91. The molecule has 0 aliphatic carbocycles. The minimum Gasteiger partial charge on any atom is -0.508 e. The maximum atomic E-state index is 10.9. The Morgan fingerprint density at radius 1 is 0.889 bits per heavy atom. The molecule has 4 nitrogen and oxygen atoms in total. The summed E-state index contributed by atoms with van der Waals surface area (Å²) in [6.07, 6.45) is -0.745. The van der Waals surface area contributed by atoms with Crippen LogP contribution in [0.3, 0.4) is 0 Å². The molecule has 0 aromatic heterocycles. The second-order valence-electron chi connectivity index (χ2n) is 6.76. The standard InChI is InChI=1S/C23H25NO3/c1-24(2)15-16-27-20-13-9-18(10-14-20)23(26)22-6-4-3-5-21(22)17-7-11-19(25)12-8-17/h3-14,23,25-26H,15-16H2,1-2H3. The van der Waals surface area contributed by atoms with Crippen LogP contribution in [0.25, 0.3) is 11.1 Å². The Labute approximate surface area is 160 Å². The van der Waals surface area contributed by atoms with E-state index in [9.17, 15) is 10.2 Å². The van der Waals surface area contributed by atoms with Crippen molar-refractivity contribution in [3.05, 3.63) is 83.9 Å². The van der Waals surface area contributed by atoms with E-state index in [2.05, 4.69) is 4.90 Å². The lowest BCUT2D eigenvalue weighted by Gasteiger charge is -2.17. The third-order valence-electron chi connectivity index (χ3n) is 4.44. The summed E-state index contributed by atoms with van der Waals surface area (Å²) in [5, 5.41) is 20.4. The van der Waals surface area contributed by atoms with Gasteiger partial charge >= 0.3 is 0 Å². The number of phenols is 1. The normalized spacial score (nSPS) is 12.1. The minimum atomic E-state index is -0.745. The molecule has 3 rings (SSSR count). The van der Waals surface area contributed by atoms with Crippen molar-refractivity contribution in [3.8, 4) is 22.6 Å². The molecule has 0 aliphatic rings. The predicted octanol–water partition coefficient (Wildman–Crippen LogP) is 4.08. The summed E-state index contributed by atoms with van der Waals surface area (Å²) in [6, 6.07) is 22.3. The molecule has 3 aromatic rings. The topological polar surface area (TPSA) is 52.9 Å². The molecule has 0 bridgehead atoms. The number of hydrogen-bond donors (Lipinski definition) is 2. The summed E-state index contributed by atoms with van der Waals surface area (Å²) >= 11 is 0. The van der Waals surface area contributed by atoms with E-state index in [-0.39, 0.29) is 5.75 Å². The van der Waals surface area contributed by atoms with Crippen LogP contribution in [0, 0.1) is 0 Å². The molecule has 0 saturated heterocycles. The molecule has 2 N–H and O–H groups in total. The van der Waals surface area contributed by atoms with Crippen LogP contribution in [0.2, 0.25) is 0 Å². The van der Waals surface area contributed by atoms with Crippen LogP contribution >= 0.6 is 0 Å². The second kappa shape index (κ2) is 8.71. The van der Waals surface area contributed by atoms with Crippen LogP contribution in [0.1, 0.15) is 17.2 Å². The van der Waals surface area contributed by atoms with Crippen LogP contribution in [0.15, 0.2) is 72.8 Å². The lowest BCUT2D eigenvalue weighted by atomic mass is 9.93. The summed E-state index contributed by atoms with van der Waals surface area (Å²) in [5.41, 5.74) is 3.52. The van der Waals surface area contributed by atoms with Gasteiger partial charge in [-0.25, -0.2) is 0 Å². The summed E-state index contributed by atoms with van der Waals surface area (Å²) in [6.45, 7) is 1.48. The maximum absolute atomic E-state index is 10.9. The number of benzene rings is 3.